The Balaban J connectivity index is 1.74. The lowest BCUT2D eigenvalue weighted by Crippen LogP contribution is -2.19. The van der Waals surface area contributed by atoms with E-state index in [2.05, 4.69) is 9.97 Å². The Hall–Kier alpha value is -3.59. The van der Waals surface area contributed by atoms with Gasteiger partial charge in [0.15, 0.2) is 11.6 Å². The van der Waals surface area contributed by atoms with Crippen molar-refractivity contribution in [1.29, 1.82) is 0 Å². The topological polar surface area (TPSA) is 91.9 Å². The molecule has 2 N–H and O–H groups in total. The average Bonchev–Trinajstić information content (AvgIpc) is 3.23. The van der Waals surface area contributed by atoms with Gasteiger partial charge in [0, 0.05) is 28.9 Å². The van der Waals surface area contributed by atoms with Crippen molar-refractivity contribution in [2.75, 3.05) is 10.5 Å². The molecule has 0 unspecified atom stereocenters. The van der Waals surface area contributed by atoms with Crippen molar-refractivity contribution in [2.45, 2.75) is 18.2 Å². The molecule has 0 amide bonds. The molecule has 0 bridgehead atoms. The number of carbonyl (C=O) groups excluding carboxylic acids is 1. The minimum Gasteiger partial charge on any atom is -0.345 e. The fourth-order valence-corrected chi connectivity index (χ4v) is 5.48. The fraction of sp³-hybridized carbons (Fsp3) is 0.130. The van der Waals surface area contributed by atoms with Gasteiger partial charge >= 0.3 is 10.2 Å². The van der Waals surface area contributed by atoms with Crippen LogP contribution in [0.25, 0.3) is 22.2 Å². The molecule has 0 saturated heterocycles. The van der Waals surface area contributed by atoms with Gasteiger partial charge in [-0.15, -0.1) is 0 Å². The number of carbonyl (C=O) groups is 1. The first-order valence-electron chi connectivity index (χ1n) is 10.7. The molecule has 0 aliphatic rings. The number of nitrogens with zero attached hydrogens (tertiary/aromatic N) is 1. The predicted molar refractivity (Wildman–Crippen MR) is 130 cm³/mol. The third-order valence-corrected chi connectivity index (χ3v) is 8.10. The highest BCUT2D eigenvalue weighted by atomic mass is 32.5. The number of sulfonamides is 1. The number of fused-ring (bicyclic) bond motifs is 1. The normalized spacial score (nSPS) is 14.2. The number of H-pyrrole nitrogens is 1. The molecule has 0 aliphatic heterocycles. The summed E-state index contributed by atoms with van der Waals surface area (Å²) in [5, 5.41) is 0.0983. The molecule has 204 valence electrons. The van der Waals surface area contributed by atoms with E-state index in [4.69, 9.17) is 0 Å². The van der Waals surface area contributed by atoms with Crippen LogP contribution in [-0.2, 0) is 10.0 Å². The van der Waals surface area contributed by atoms with E-state index in [0.29, 0.717) is 0 Å². The molecule has 0 spiro atoms. The van der Waals surface area contributed by atoms with E-state index in [1.165, 1.54) is 18.5 Å². The summed E-state index contributed by atoms with van der Waals surface area (Å²) >= 11 is 0. The third kappa shape index (κ3) is 5.48. The van der Waals surface area contributed by atoms with Crippen LogP contribution < -0.4 is 4.72 Å². The van der Waals surface area contributed by atoms with Crippen LogP contribution in [0.3, 0.4) is 0 Å². The van der Waals surface area contributed by atoms with Crippen molar-refractivity contribution >= 4 is 42.8 Å². The first-order valence-corrected chi connectivity index (χ1v) is 14.4. The van der Waals surface area contributed by atoms with Gasteiger partial charge in [-0.05, 0) is 42.3 Å². The number of aromatic nitrogens is 2. The smallest absolute Gasteiger partial charge is 0.310 e. The van der Waals surface area contributed by atoms with Crippen LogP contribution in [-0.4, -0.2) is 29.9 Å². The van der Waals surface area contributed by atoms with E-state index < -0.39 is 59.6 Å². The van der Waals surface area contributed by atoms with Gasteiger partial charge in [-0.3, -0.25) is 9.52 Å². The number of halogens is 7. The maximum Gasteiger partial charge on any atom is 0.310 e. The van der Waals surface area contributed by atoms with Gasteiger partial charge in [-0.2, -0.15) is 0 Å². The molecule has 0 atom stereocenters. The molecule has 2 aromatic heterocycles. The molecule has 6 nitrogen and oxygen atoms in total. The Morgan fingerprint density at radius 3 is 2.24 bits per heavy atom. The highest BCUT2D eigenvalue weighted by Gasteiger charge is 2.65. The number of ketones is 1. The SMILES string of the molecule is CCCS(=O)(=O)Nc1c(F)ccc(C(=O)c2c[nH]c3ncc(-c4ccc(S(F)(F)(F)(F)F)cc4)cc23)c1F. The van der Waals surface area contributed by atoms with E-state index in [1.54, 1.807) is 11.6 Å². The summed E-state index contributed by atoms with van der Waals surface area (Å²) in [5.41, 5.74) is -1.48. The summed E-state index contributed by atoms with van der Waals surface area (Å²) in [7, 11) is -14.0. The fourth-order valence-electron chi connectivity index (χ4n) is 3.70. The molecule has 4 rings (SSSR count). The van der Waals surface area contributed by atoms with Crippen LogP contribution in [0, 0.1) is 11.6 Å². The molecular weight excluding hydrogens is 563 g/mol. The second-order valence-electron chi connectivity index (χ2n) is 8.35. The van der Waals surface area contributed by atoms with E-state index >= 15 is 4.39 Å². The highest BCUT2D eigenvalue weighted by Crippen LogP contribution is 3.02. The molecule has 2 heterocycles. The van der Waals surface area contributed by atoms with Crippen molar-refractivity contribution in [2.24, 2.45) is 0 Å². The molecular formula is C23H18F7N3O3S2. The number of aromatic amines is 1. The van der Waals surface area contributed by atoms with E-state index in [1.807, 2.05) is 0 Å². The monoisotopic (exact) mass is 581 g/mol. The molecule has 2 aromatic carbocycles. The van der Waals surface area contributed by atoms with Crippen LogP contribution in [0.15, 0.2) is 59.8 Å². The lowest BCUT2D eigenvalue weighted by atomic mass is 10.00. The van der Waals surface area contributed by atoms with Gasteiger partial charge in [0.25, 0.3) is 0 Å². The van der Waals surface area contributed by atoms with Gasteiger partial charge < -0.3 is 4.98 Å². The summed E-state index contributed by atoms with van der Waals surface area (Å²) in [6, 6.07) is 4.99. The number of rotatable bonds is 8. The van der Waals surface area contributed by atoms with Crippen LogP contribution in [0.5, 0.6) is 0 Å². The van der Waals surface area contributed by atoms with Crippen molar-refractivity contribution in [3.63, 3.8) is 0 Å². The molecule has 0 fully saturated rings. The first kappa shape index (κ1) is 27.4. The maximum absolute atomic E-state index is 15.1. The standard InChI is InChI=1S/C23H18F7N3O3S2/c1-2-9-37(35,36)33-21-19(24)8-7-16(20(21)25)22(34)18-12-32-23-17(18)10-14(11-31-23)13-3-5-15(6-4-13)38(26,27,28,29)30/h3-8,10-12,33H,2,9H2,1H3,(H,31,32). The van der Waals surface area contributed by atoms with E-state index in [-0.39, 0.29) is 46.3 Å². The van der Waals surface area contributed by atoms with Gasteiger partial charge in [0.2, 0.25) is 10.0 Å². The Morgan fingerprint density at radius 2 is 1.63 bits per heavy atom. The lowest BCUT2D eigenvalue weighted by Gasteiger charge is -2.40. The van der Waals surface area contributed by atoms with E-state index in [9.17, 15) is 37.0 Å². The van der Waals surface area contributed by atoms with Gasteiger partial charge in [-0.25, -0.2) is 22.2 Å². The Morgan fingerprint density at radius 1 is 0.974 bits per heavy atom. The first-order chi connectivity index (χ1) is 17.4. The van der Waals surface area contributed by atoms with Crippen molar-refractivity contribution in [1.82, 2.24) is 9.97 Å². The number of anilines is 1. The molecule has 0 radical (unpaired) electrons. The van der Waals surface area contributed by atoms with Gasteiger partial charge in [-0.1, -0.05) is 38.5 Å². The molecule has 15 heteroatoms. The van der Waals surface area contributed by atoms with E-state index in [0.717, 1.165) is 24.3 Å². The van der Waals surface area contributed by atoms with Crippen molar-refractivity contribution in [3.05, 3.63) is 77.6 Å². The lowest BCUT2D eigenvalue weighted by molar-refractivity contribution is 0.103. The van der Waals surface area contributed by atoms with Crippen LogP contribution in [0.1, 0.15) is 29.3 Å². The summed E-state index contributed by atoms with van der Waals surface area (Å²) in [6.07, 6.45) is 2.57. The molecule has 4 aromatic rings. The summed E-state index contributed by atoms with van der Waals surface area (Å²) in [6.45, 7) is 1.55. The largest absolute Gasteiger partial charge is 0.345 e. The third-order valence-electron chi connectivity index (χ3n) is 5.47. The minimum atomic E-state index is -9.87. The maximum atomic E-state index is 15.1. The summed E-state index contributed by atoms with van der Waals surface area (Å²) < 4.78 is 120. The van der Waals surface area contributed by atoms with Crippen LogP contribution in [0.2, 0.25) is 0 Å². The second-order valence-corrected chi connectivity index (χ2v) is 12.6. The molecule has 0 aliphatic carbocycles. The van der Waals surface area contributed by atoms with Crippen molar-refractivity contribution in [3.8, 4) is 11.1 Å². The number of hydrogen-bond acceptors (Lipinski definition) is 4. The van der Waals surface area contributed by atoms with Gasteiger partial charge in [0.1, 0.15) is 22.0 Å². The van der Waals surface area contributed by atoms with Gasteiger partial charge in [0.05, 0.1) is 11.3 Å². The summed E-state index contributed by atoms with van der Waals surface area (Å²) in [5.74, 6) is -4.07. The average molecular weight is 582 g/mol. The quantitative estimate of drug-likeness (QED) is 0.166. The zero-order chi connectivity index (χ0) is 28.2. The minimum absolute atomic E-state index is 0.0742. The zero-order valence-corrected chi connectivity index (χ0v) is 20.9. The Bertz CT molecular complexity index is 1690. The zero-order valence-electron chi connectivity index (χ0n) is 19.2. The predicted octanol–water partition coefficient (Wildman–Crippen LogP) is 7.55. The number of nitrogens with one attached hydrogen (secondary N) is 2. The molecule has 38 heavy (non-hydrogen) atoms. The number of pyridine rings is 1. The highest BCUT2D eigenvalue weighted by molar-refractivity contribution is 8.45. The Labute approximate surface area is 211 Å². The second kappa shape index (κ2) is 8.46. The number of benzene rings is 2. The van der Waals surface area contributed by atoms with Crippen molar-refractivity contribution < 1.29 is 41.4 Å². The number of hydrogen-bond donors (Lipinski definition) is 2. The van der Waals surface area contributed by atoms with Crippen LogP contribution in [0.4, 0.5) is 33.9 Å². The van der Waals surface area contributed by atoms with Crippen LogP contribution >= 0.6 is 10.2 Å². The Kier molecular flexibility index (Phi) is 6.11. The molecule has 0 saturated carbocycles. The summed E-state index contributed by atoms with van der Waals surface area (Å²) in [4.78, 5) is 17.8.